The van der Waals surface area contributed by atoms with Crippen molar-refractivity contribution in [2.45, 2.75) is 58.5 Å². The van der Waals surface area contributed by atoms with Crippen LogP contribution in [0.2, 0.25) is 0 Å². The predicted octanol–water partition coefficient (Wildman–Crippen LogP) is 3.97. The van der Waals surface area contributed by atoms with Crippen LogP contribution in [0.5, 0.6) is 0 Å². The summed E-state index contributed by atoms with van der Waals surface area (Å²) in [6, 6.07) is 0. The van der Waals surface area contributed by atoms with E-state index >= 15 is 0 Å². The molecule has 0 amide bonds. The second-order valence-corrected chi connectivity index (χ2v) is 8.86. The SMILES string of the molecule is CN1C[C@H]2[C@@H]3CCC[C@@]3(C)CC[C@@H]2[C@@]2(C)CC(F)C(=O)C=C12. The number of likely N-dealkylation sites (tertiary alicyclic amines) is 1. The van der Waals surface area contributed by atoms with Crippen molar-refractivity contribution in [1.29, 1.82) is 0 Å². The summed E-state index contributed by atoms with van der Waals surface area (Å²) in [5, 5.41) is 0. The average Bonchev–Trinajstić information content (AvgIpc) is 2.84. The van der Waals surface area contributed by atoms with E-state index in [2.05, 4.69) is 25.8 Å². The molecule has 2 saturated carbocycles. The minimum absolute atomic E-state index is 0.144. The number of piperidine rings is 1. The number of hydrogen-bond donors (Lipinski definition) is 0. The summed E-state index contributed by atoms with van der Waals surface area (Å²) in [5.41, 5.74) is 1.47. The van der Waals surface area contributed by atoms with Gasteiger partial charge in [0.1, 0.15) is 0 Å². The summed E-state index contributed by atoms with van der Waals surface area (Å²) in [6.45, 7) is 5.76. The van der Waals surface area contributed by atoms with E-state index in [-0.39, 0.29) is 11.2 Å². The minimum Gasteiger partial charge on any atom is -0.377 e. The van der Waals surface area contributed by atoms with Gasteiger partial charge in [0.25, 0.3) is 0 Å². The molecule has 0 aromatic carbocycles. The molecule has 4 rings (SSSR count). The summed E-state index contributed by atoms with van der Waals surface area (Å²) in [7, 11) is 2.10. The van der Waals surface area contributed by atoms with Crippen LogP contribution in [-0.4, -0.2) is 30.4 Å². The first-order valence-electron chi connectivity index (χ1n) is 8.96. The van der Waals surface area contributed by atoms with Crippen LogP contribution in [0.4, 0.5) is 4.39 Å². The van der Waals surface area contributed by atoms with E-state index in [1.165, 1.54) is 32.1 Å². The molecule has 22 heavy (non-hydrogen) atoms. The maximum absolute atomic E-state index is 14.2. The zero-order valence-corrected chi connectivity index (χ0v) is 14.1. The van der Waals surface area contributed by atoms with E-state index in [1.807, 2.05) is 0 Å². The van der Waals surface area contributed by atoms with Crippen molar-refractivity contribution < 1.29 is 9.18 Å². The van der Waals surface area contributed by atoms with Gasteiger partial charge in [-0.3, -0.25) is 4.79 Å². The second-order valence-electron chi connectivity index (χ2n) is 8.86. The van der Waals surface area contributed by atoms with E-state index in [1.54, 1.807) is 6.08 Å². The molecule has 1 aliphatic heterocycles. The Morgan fingerprint density at radius 1 is 1.23 bits per heavy atom. The molecular formula is C19H28FNO. The summed E-state index contributed by atoms with van der Waals surface area (Å²) in [6.07, 6.45) is 7.29. The third-order valence-corrected chi connectivity index (χ3v) is 7.71. The molecule has 0 aromatic rings. The quantitative estimate of drug-likeness (QED) is 0.675. The van der Waals surface area contributed by atoms with E-state index in [9.17, 15) is 9.18 Å². The Morgan fingerprint density at radius 3 is 2.77 bits per heavy atom. The molecule has 6 atom stereocenters. The van der Waals surface area contributed by atoms with Gasteiger partial charge in [-0.1, -0.05) is 20.3 Å². The summed E-state index contributed by atoms with van der Waals surface area (Å²) < 4.78 is 14.2. The van der Waals surface area contributed by atoms with Crippen LogP contribution in [0.3, 0.4) is 0 Å². The number of allylic oxidation sites excluding steroid dienone is 2. The first-order valence-corrected chi connectivity index (χ1v) is 8.96. The van der Waals surface area contributed by atoms with Gasteiger partial charge >= 0.3 is 0 Å². The largest absolute Gasteiger partial charge is 0.377 e. The smallest absolute Gasteiger partial charge is 0.191 e. The zero-order chi connectivity index (χ0) is 15.7. The van der Waals surface area contributed by atoms with Gasteiger partial charge in [-0.25, -0.2) is 4.39 Å². The monoisotopic (exact) mass is 305 g/mol. The normalized spacial score (nSPS) is 51.0. The van der Waals surface area contributed by atoms with Crippen LogP contribution in [-0.2, 0) is 4.79 Å². The summed E-state index contributed by atoms with van der Waals surface area (Å²) >= 11 is 0. The number of carbonyl (C=O) groups excluding carboxylic acids is 1. The van der Waals surface area contributed by atoms with Gasteiger partial charge in [0.15, 0.2) is 12.0 Å². The van der Waals surface area contributed by atoms with Gasteiger partial charge in [0.05, 0.1) is 0 Å². The number of ketones is 1. The number of hydrogen-bond acceptors (Lipinski definition) is 2. The summed E-state index contributed by atoms with van der Waals surface area (Å²) in [5.74, 6) is 1.70. The van der Waals surface area contributed by atoms with Gasteiger partial charge in [0, 0.05) is 30.8 Å². The molecule has 4 aliphatic rings. The van der Waals surface area contributed by atoms with Crippen LogP contribution < -0.4 is 0 Å². The van der Waals surface area contributed by atoms with Crippen molar-refractivity contribution in [3.05, 3.63) is 11.8 Å². The topological polar surface area (TPSA) is 20.3 Å². The highest BCUT2D eigenvalue weighted by atomic mass is 19.1. The molecule has 2 nitrogen and oxygen atoms in total. The average molecular weight is 305 g/mol. The summed E-state index contributed by atoms with van der Waals surface area (Å²) in [4.78, 5) is 14.1. The maximum Gasteiger partial charge on any atom is 0.191 e. The van der Waals surface area contributed by atoms with Gasteiger partial charge < -0.3 is 4.90 Å². The molecule has 0 aromatic heterocycles. The van der Waals surface area contributed by atoms with Crippen molar-refractivity contribution in [1.82, 2.24) is 4.90 Å². The van der Waals surface area contributed by atoms with Gasteiger partial charge in [-0.05, 0) is 55.3 Å². The number of carbonyl (C=O) groups is 1. The number of alkyl halides is 1. The molecule has 122 valence electrons. The highest BCUT2D eigenvalue weighted by Gasteiger charge is 2.58. The van der Waals surface area contributed by atoms with Crippen LogP contribution in [0.25, 0.3) is 0 Å². The molecule has 0 N–H and O–H groups in total. The first kappa shape index (κ1) is 14.7. The van der Waals surface area contributed by atoms with Gasteiger partial charge in [-0.15, -0.1) is 0 Å². The third kappa shape index (κ3) is 1.80. The maximum atomic E-state index is 14.2. The van der Waals surface area contributed by atoms with E-state index in [4.69, 9.17) is 0 Å². The fraction of sp³-hybridized carbons (Fsp3) is 0.842. The lowest BCUT2D eigenvalue weighted by Crippen LogP contribution is -2.57. The van der Waals surface area contributed by atoms with Crippen LogP contribution in [0.1, 0.15) is 52.4 Å². The molecular weight excluding hydrogens is 277 g/mol. The molecule has 3 heteroatoms. The fourth-order valence-electron chi connectivity index (χ4n) is 6.60. The van der Waals surface area contributed by atoms with Gasteiger partial charge in [0.2, 0.25) is 0 Å². The molecule has 1 heterocycles. The van der Waals surface area contributed by atoms with Crippen molar-refractivity contribution in [2.75, 3.05) is 13.6 Å². The van der Waals surface area contributed by atoms with E-state index < -0.39 is 6.17 Å². The van der Waals surface area contributed by atoms with Gasteiger partial charge in [-0.2, -0.15) is 0 Å². The Morgan fingerprint density at radius 2 is 2.00 bits per heavy atom. The number of nitrogens with zero attached hydrogens (tertiary/aromatic N) is 1. The third-order valence-electron chi connectivity index (χ3n) is 7.71. The zero-order valence-electron chi connectivity index (χ0n) is 14.1. The Labute approximate surface area is 133 Å². The molecule has 0 radical (unpaired) electrons. The Kier molecular flexibility index (Phi) is 3.06. The number of rotatable bonds is 0. The highest BCUT2D eigenvalue weighted by Crippen LogP contribution is 2.63. The first-order chi connectivity index (χ1) is 10.3. The van der Waals surface area contributed by atoms with Crippen LogP contribution >= 0.6 is 0 Å². The Bertz CT molecular complexity index is 544. The minimum atomic E-state index is -1.29. The van der Waals surface area contributed by atoms with E-state index in [0.29, 0.717) is 23.7 Å². The second kappa shape index (κ2) is 4.58. The van der Waals surface area contributed by atoms with Crippen molar-refractivity contribution in [2.24, 2.45) is 28.6 Å². The molecule has 3 aliphatic carbocycles. The van der Waals surface area contributed by atoms with Crippen molar-refractivity contribution in [3.63, 3.8) is 0 Å². The lowest BCUT2D eigenvalue weighted by molar-refractivity contribution is -0.125. The fourth-order valence-corrected chi connectivity index (χ4v) is 6.60. The molecule has 0 spiro atoms. The molecule has 1 saturated heterocycles. The van der Waals surface area contributed by atoms with E-state index in [0.717, 1.165) is 18.2 Å². The van der Waals surface area contributed by atoms with Crippen molar-refractivity contribution >= 4 is 5.78 Å². The highest BCUT2D eigenvalue weighted by molar-refractivity contribution is 5.95. The Balaban J connectivity index is 1.74. The molecule has 3 fully saturated rings. The number of halogens is 1. The van der Waals surface area contributed by atoms with Crippen molar-refractivity contribution in [3.8, 4) is 0 Å². The van der Waals surface area contributed by atoms with Crippen LogP contribution in [0.15, 0.2) is 11.8 Å². The lowest BCUT2D eigenvalue weighted by atomic mass is 9.50. The Hall–Kier alpha value is -0.860. The lowest BCUT2D eigenvalue weighted by Gasteiger charge is -2.60. The molecule has 1 unspecified atom stereocenters. The predicted molar refractivity (Wildman–Crippen MR) is 85.0 cm³/mol. The number of fused-ring (bicyclic) bond motifs is 5. The van der Waals surface area contributed by atoms with Crippen LogP contribution in [0, 0.1) is 28.6 Å². The molecule has 0 bridgehead atoms. The standard InChI is InChI=1S/C19H28FNO/c1-18-7-4-5-13(18)12-11-21(3)17-9-16(22)15(20)10-19(17,2)14(12)6-8-18/h9,12-15H,4-8,10-11H2,1-3H3/t12-,13-,14-,15?,18-,19+/m0/s1.